The van der Waals surface area contributed by atoms with Gasteiger partial charge in [0.15, 0.2) is 5.96 Å². The molecule has 0 radical (unpaired) electrons. The molecule has 164 valence electrons. The van der Waals surface area contributed by atoms with Gasteiger partial charge in [-0.05, 0) is 43.0 Å². The molecule has 2 aromatic carbocycles. The molecule has 1 unspecified atom stereocenters. The zero-order valence-corrected chi connectivity index (χ0v) is 20.5. The Labute approximate surface area is 198 Å². The normalized spacial score (nSPS) is 16.7. The third-order valence-corrected chi connectivity index (χ3v) is 5.49. The maximum absolute atomic E-state index is 5.80. The van der Waals surface area contributed by atoms with Gasteiger partial charge in [0.1, 0.15) is 12.4 Å². The number of guanidine groups is 1. The number of hydrogen-bond donors (Lipinski definition) is 1. The molecule has 0 amide bonds. The lowest BCUT2D eigenvalue weighted by molar-refractivity contribution is 0.280. The minimum Gasteiger partial charge on any atom is -0.492 e. The summed E-state index contributed by atoms with van der Waals surface area (Å²) >= 11 is 0. The van der Waals surface area contributed by atoms with Crippen LogP contribution in [0.3, 0.4) is 0 Å². The van der Waals surface area contributed by atoms with Gasteiger partial charge in [0.25, 0.3) is 0 Å². The molecule has 1 saturated heterocycles. The van der Waals surface area contributed by atoms with E-state index in [-0.39, 0.29) is 24.0 Å². The Hall–Kier alpha value is -1.80. The summed E-state index contributed by atoms with van der Waals surface area (Å²) in [5.41, 5.74) is 1.42. The molecule has 1 fully saturated rings. The predicted octanol–water partition coefficient (Wildman–Crippen LogP) is 3.76. The largest absolute Gasteiger partial charge is 0.492 e. The first kappa shape index (κ1) is 24.5. The van der Waals surface area contributed by atoms with Gasteiger partial charge in [-0.2, -0.15) is 0 Å². The Morgan fingerprint density at radius 1 is 1.13 bits per heavy atom. The molecule has 1 N–H and O–H groups in total. The lowest BCUT2D eigenvalue weighted by Crippen LogP contribution is -2.43. The molecule has 0 aromatic heterocycles. The number of aliphatic imine (C=N–C) groups is 1. The minimum atomic E-state index is 0. The highest BCUT2D eigenvalue weighted by atomic mass is 127. The van der Waals surface area contributed by atoms with E-state index in [0.717, 1.165) is 44.3 Å². The number of benzene rings is 2. The monoisotopic (exact) mass is 522 g/mol. The summed E-state index contributed by atoms with van der Waals surface area (Å²) in [6.45, 7) is 5.90. The van der Waals surface area contributed by atoms with Gasteiger partial charge in [0, 0.05) is 33.7 Å². The molecular weight excluding hydrogens is 487 g/mol. The average Bonchev–Trinajstić information content (AvgIpc) is 3.22. The summed E-state index contributed by atoms with van der Waals surface area (Å²) in [5, 5.41) is 3.55. The van der Waals surface area contributed by atoms with E-state index >= 15 is 0 Å². The van der Waals surface area contributed by atoms with Crippen molar-refractivity contribution in [3.63, 3.8) is 0 Å². The van der Waals surface area contributed by atoms with Crippen LogP contribution < -0.4 is 10.1 Å². The van der Waals surface area contributed by atoms with E-state index in [9.17, 15) is 0 Å². The molecular formula is C24H35IN4O. The quantitative estimate of drug-likeness (QED) is 0.310. The number of halogens is 1. The van der Waals surface area contributed by atoms with Crippen molar-refractivity contribution in [3.05, 3.63) is 66.2 Å². The van der Waals surface area contributed by atoms with Crippen LogP contribution in [-0.2, 0) is 6.42 Å². The fraction of sp³-hybridized carbons (Fsp3) is 0.458. The third-order valence-electron chi connectivity index (χ3n) is 5.49. The van der Waals surface area contributed by atoms with E-state index in [1.165, 1.54) is 18.5 Å². The molecule has 5 nitrogen and oxygen atoms in total. The average molecular weight is 522 g/mol. The fourth-order valence-electron chi connectivity index (χ4n) is 3.76. The number of likely N-dealkylation sites (N-methyl/N-ethyl adjacent to an activating group) is 1. The van der Waals surface area contributed by atoms with Crippen molar-refractivity contribution in [2.24, 2.45) is 10.9 Å². The molecule has 1 heterocycles. The van der Waals surface area contributed by atoms with Crippen molar-refractivity contribution in [3.8, 4) is 5.75 Å². The summed E-state index contributed by atoms with van der Waals surface area (Å²) in [7, 11) is 3.90. The van der Waals surface area contributed by atoms with E-state index < -0.39 is 0 Å². The zero-order valence-electron chi connectivity index (χ0n) is 18.2. The Morgan fingerprint density at radius 3 is 2.53 bits per heavy atom. The highest BCUT2D eigenvalue weighted by Gasteiger charge is 2.22. The molecule has 3 rings (SSSR count). The van der Waals surface area contributed by atoms with E-state index in [2.05, 4.69) is 57.5 Å². The number of likely N-dealkylation sites (tertiary alicyclic amines) is 1. The Morgan fingerprint density at radius 2 is 1.83 bits per heavy atom. The lowest BCUT2D eigenvalue weighted by Gasteiger charge is -2.23. The van der Waals surface area contributed by atoms with Crippen molar-refractivity contribution >= 4 is 29.9 Å². The maximum atomic E-state index is 5.80. The molecule has 0 saturated carbocycles. The molecule has 0 spiro atoms. The molecule has 1 atom stereocenters. The van der Waals surface area contributed by atoms with Crippen LogP contribution in [-0.4, -0.2) is 69.2 Å². The van der Waals surface area contributed by atoms with Crippen molar-refractivity contribution in [1.82, 2.24) is 15.1 Å². The van der Waals surface area contributed by atoms with Crippen LogP contribution in [0, 0.1) is 5.92 Å². The summed E-state index contributed by atoms with van der Waals surface area (Å²) in [6.07, 6.45) is 2.38. The number of nitrogens with zero attached hydrogens (tertiary/aromatic N) is 3. The highest BCUT2D eigenvalue weighted by Crippen LogP contribution is 2.16. The zero-order chi connectivity index (χ0) is 20.3. The van der Waals surface area contributed by atoms with E-state index in [1.807, 2.05) is 37.4 Å². The van der Waals surface area contributed by atoms with Gasteiger partial charge in [0.2, 0.25) is 0 Å². The van der Waals surface area contributed by atoms with Crippen molar-refractivity contribution in [1.29, 1.82) is 0 Å². The number of rotatable bonds is 9. The van der Waals surface area contributed by atoms with Crippen LogP contribution in [0.4, 0.5) is 0 Å². The fourth-order valence-corrected chi connectivity index (χ4v) is 3.76. The van der Waals surface area contributed by atoms with Crippen LogP contribution in [0.2, 0.25) is 0 Å². The Balaban J connectivity index is 0.00000320. The highest BCUT2D eigenvalue weighted by molar-refractivity contribution is 14.0. The van der Waals surface area contributed by atoms with Gasteiger partial charge < -0.3 is 19.9 Å². The second-order valence-corrected chi connectivity index (χ2v) is 7.70. The van der Waals surface area contributed by atoms with E-state index in [0.29, 0.717) is 12.5 Å². The molecule has 1 aliphatic heterocycles. The number of ether oxygens (including phenoxy) is 1. The maximum Gasteiger partial charge on any atom is 0.193 e. The van der Waals surface area contributed by atoms with Crippen LogP contribution in [0.5, 0.6) is 5.75 Å². The molecule has 0 bridgehead atoms. The van der Waals surface area contributed by atoms with Gasteiger partial charge in [-0.3, -0.25) is 4.99 Å². The van der Waals surface area contributed by atoms with Crippen LogP contribution in [0.1, 0.15) is 12.0 Å². The predicted molar refractivity (Wildman–Crippen MR) is 136 cm³/mol. The van der Waals surface area contributed by atoms with Gasteiger partial charge >= 0.3 is 0 Å². The van der Waals surface area contributed by atoms with Crippen LogP contribution in [0.25, 0.3) is 0 Å². The SMILES string of the molecule is CN=C(NCC1CCN(CCc2ccccc2)C1)N(C)CCOc1ccccc1.I. The van der Waals surface area contributed by atoms with E-state index in [1.54, 1.807) is 0 Å². The summed E-state index contributed by atoms with van der Waals surface area (Å²) in [6, 6.07) is 20.7. The topological polar surface area (TPSA) is 40.1 Å². The van der Waals surface area contributed by atoms with Gasteiger partial charge in [-0.25, -0.2) is 0 Å². The Kier molecular flexibility index (Phi) is 11.0. The van der Waals surface area contributed by atoms with Gasteiger partial charge in [-0.15, -0.1) is 24.0 Å². The molecule has 0 aliphatic carbocycles. The minimum absolute atomic E-state index is 0. The molecule has 2 aromatic rings. The molecule has 30 heavy (non-hydrogen) atoms. The van der Waals surface area contributed by atoms with Crippen LogP contribution in [0.15, 0.2) is 65.7 Å². The smallest absolute Gasteiger partial charge is 0.193 e. The Bertz CT molecular complexity index is 741. The third kappa shape index (κ3) is 8.14. The standard InChI is InChI=1S/C24H34N4O.HI/c1-25-24(27(2)17-18-29-23-11-7-4-8-12-23)26-19-22-14-16-28(20-22)15-13-21-9-5-3-6-10-21;/h3-12,22H,13-20H2,1-2H3,(H,25,26);1H. The lowest BCUT2D eigenvalue weighted by atomic mass is 10.1. The van der Waals surface area contributed by atoms with Gasteiger partial charge in [0.05, 0.1) is 6.54 Å². The first-order valence-electron chi connectivity index (χ1n) is 10.6. The molecule has 6 heteroatoms. The second kappa shape index (κ2) is 13.5. The first-order valence-corrected chi connectivity index (χ1v) is 10.6. The van der Waals surface area contributed by atoms with Crippen molar-refractivity contribution in [2.75, 3.05) is 53.4 Å². The summed E-state index contributed by atoms with van der Waals surface area (Å²) in [5.74, 6) is 2.52. The number of hydrogen-bond acceptors (Lipinski definition) is 3. The van der Waals surface area contributed by atoms with Crippen LogP contribution >= 0.6 is 24.0 Å². The second-order valence-electron chi connectivity index (χ2n) is 7.70. The summed E-state index contributed by atoms with van der Waals surface area (Å²) in [4.78, 5) is 9.14. The molecule has 1 aliphatic rings. The van der Waals surface area contributed by atoms with E-state index in [4.69, 9.17) is 4.74 Å². The summed E-state index contributed by atoms with van der Waals surface area (Å²) < 4.78 is 5.80. The van der Waals surface area contributed by atoms with Crippen molar-refractivity contribution in [2.45, 2.75) is 12.8 Å². The number of para-hydroxylation sites is 1. The first-order chi connectivity index (χ1) is 14.2. The van der Waals surface area contributed by atoms with Gasteiger partial charge in [-0.1, -0.05) is 48.5 Å². The number of nitrogens with one attached hydrogen (secondary N) is 1. The van der Waals surface area contributed by atoms with Crippen molar-refractivity contribution < 1.29 is 4.74 Å².